The molecular formula is C17H22NO2+. The van der Waals surface area contributed by atoms with Crippen LogP contribution in [0.15, 0.2) is 54.6 Å². The van der Waals surface area contributed by atoms with E-state index in [-0.39, 0.29) is 0 Å². The Bertz CT molecular complexity index is 499. The summed E-state index contributed by atoms with van der Waals surface area (Å²) in [5.41, 5.74) is 2.45. The zero-order valence-electron chi connectivity index (χ0n) is 11.9. The molecule has 2 N–H and O–H groups in total. The van der Waals surface area contributed by atoms with E-state index >= 15 is 0 Å². The molecule has 2 aromatic rings. The van der Waals surface area contributed by atoms with Crippen LogP contribution < -0.4 is 10.1 Å². The van der Waals surface area contributed by atoms with Crippen LogP contribution in [-0.4, -0.2) is 20.3 Å². The summed E-state index contributed by atoms with van der Waals surface area (Å²) in [6.07, 6.45) is 0. The van der Waals surface area contributed by atoms with Crippen molar-refractivity contribution >= 4 is 0 Å². The molecule has 0 spiro atoms. The van der Waals surface area contributed by atoms with Gasteiger partial charge < -0.3 is 14.8 Å². The Labute approximate surface area is 120 Å². The molecule has 0 radical (unpaired) electrons. The number of nitrogens with two attached hydrogens (primary N) is 1. The van der Waals surface area contributed by atoms with Gasteiger partial charge in [0.25, 0.3) is 0 Å². The van der Waals surface area contributed by atoms with Gasteiger partial charge in [-0.25, -0.2) is 0 Å². The average molecular weight is 272 g/mol. The van der Waals surface area contributed by atoms with Crippen LogP contribution in [0.5, 0.6) is 5.75 Å². The maximum atomic E-state index is 5.82. The average Bonchev–Trinajstić information content (AvgIpc) is 2.51. The molecule has 0 saturated carbocycles. The van der Waals surface area contributed by atoms with E-state index in [0.29, 0.717) is 6.61 Å². The topological polar surface area (TPSA) is 35.1 Å². The summed E-state index contributed by atoms with van der Waals surface area (Å²) in [6.45, 7) is 3.32. The Morgan fingerprint density at radius 2 is 1.75 bits per heavy atom. The molecule has 0 aliphatic heterocycles. The van der Waals surface area contributed by atoms with Crippen molar-refractivity contribution in [3.8, 4) is 5.75 Å². The molecule has 0 bridgehead atoms. The molecule has 20 heavy (non-hydrogen) atoms. The van der Waals surface area contributed by atoms with E-state index in [0.717, 1.165) is 25.4 Å². The molecule has 3 nitrogen and oxygen atoms in total. The van der Waals surface area contributed by atoms with Gasteiger partial charge in [0.15, 0.2) is 0 Å². The highest BCUT2D eigenvalue weighted by atomic mass is 16.5. The van der Waals surface area contributed by atoms with Crippen LogP contribution in [0.4, 0.5) is 0 Å². The number of methoxy groups -OCH3 is 1. The Morgan fingerprint density at radius 3 is 2.55 bits per heavy atom. The van der Waals surface area contributed by atoms with Crippen LogP contribution >= 0.6 is 0 Å². The van der Waals surface area contributed by atoms with E-state index < -0.39 is 0 Å². The van der Waals surface area contributed by atoms with Gasteiger partial charge in [0.1, 0.15) is 18.9 Å². The molecule has 106 valence electrons. The minimum Gasteiger partial charge on any atom is -0.489 e. The summed E-state index contributed by atoms with van der Waals surface area (Å²) in [7, 11) is 1.73. The third kappa shape index (κ3) is 5.03. The van der Waals surface area contributed by atoms with E-state index in [4.69, 9.17) is 9.47 Å². The first-order valence-electron chi connectivity index (χ1n) is 6.95. The van der Waals surface area contributed by atoms with Crippen molar-refractivity contribution in [1.29, 1.82) is 0 Å². The van der Waals surface area contributed by atoms with Crippen molar-refractivity contribution in [1.82, 2.24) is 0 Å². The summed E-state index contributed by atoms with van der Waals surface area (Å²) < 4.78 is 10.9. The second-order valence-electron chi connectivity index (χ2n) is 4.70. The summed E-state index contributed by atoms with van der Waals surface area (Å²) in [6, 6.07) is 18.5. The van der Waals surface area contributed by atoms with Gasteiger partial charge in [0, 0.05) is 12.7 Å². The van der Waals surface area contributed by atoms with Crippen molar-refractivity contribution in [2.45, 2.75) is 13.2 Å². The van der Waals surface area contributed by atoms with Crippen molar-refractivity contribution in [3.63, 3.8) is 0 Å². The Morgan fingerprint density at radius 1 is 0.950 bits per heavy atom. The second kappa shape index (κ2) is 8.35. The zero-order chi connectivity index (χ0) is 14.0. The maximum Gasteiger partial charge on any atom is 0.120 e. The predicted molar refractivity (Wildman–Crippen MR) is 79.6 cm³/mol. The first-order valence-corrected chi connectivity index (χ1v) is 6.95. The Balaban J connectivity index is 1.83. The maximum absolute atomic E-state index is 5.82. The fourth-order valence-corrected chi connectivity index (χ4v) is 1.97. The molecule has 0 atom stereocenters. The molecule has 0 saturated heterocycles. The Hall–Kier alpha value is -1.84. The molecule has 0 aliphatic rings. The SMILES string of the molecule is COCC[NH2+]Cc1cccc(OCc2ccccc2)c1. The van der Waals surface area contributed by atoms with Gasteiger partial charge in [0.05, 0.1) is 13.2 Å². The molecule has 0 fully saturated rings. The van der Waals surface area contributed by atoms with Crippen LogP contribution in [0.3, 0.4) is 0 Å². The van der Waals surface area contributed by atoms with Crippen molar-refractivity contribution in [2.24, 2.45) is 0 Å². The van der Waals surface area contributed by atoms with Crippen LogP contribution in [0.25, 0.3) is 0 Å². The van der Waals surface area contributed by atoms with Gasteiger partial charge in [-0.2, -0.15) is 0 Å². The number of quaternary nitrogens is 1. The standard InChI is InChI=1S/C17H21NO2/c1-19-11-10-18-13-16-8-5-9-17(12-16)20-14-15-6-3-2-4-7-15/h2-9,12,18H,10-11,13-14H2,1H3/p+1. The second-order valence-corrected chi connectivity index (χ2v) is 4.70. The summed E-state index contributed by atoms with van der Waals surface area (Å²) in [4.78, 5) is 0. The van der Waals surface area contributed by atoms with Crippen LogP contribution in [0.2, 0.25) is 0 Å². The number of hydrogen-bond acceptors (Lipinski definition) is 2. The smallest absolute Gasteiger partial charge is 0.120 e. The third-order valence-corrected chi connectivity index (χ3v) is 3.05. The van der Waals surface area contributed by atoms with Gasteiger partial charge in [-0.1, -0.05) is 42.5 Å². The lowest BCUT2D eigenvalue weighted by molar-refractivity contribution is -0.671. The number of hydrogen-bond donors (Lipinski definition) is 1. The minimum atomic E-state index is 0.609. The van der Waals surface area contributed by atoms with Gasteiger partial charge in [-0.3, -0.25) is 0 Å². The van der Waals surface area contributed by atoms with E-state index in [1.54, 1.807) is 7.11 Å². The molecule has 3 heteroatoms. The largest absolute Gasteiger partial charge is 0.489 e. The van der Waals surface area contributed by atoms with Gasteiger partial charge in [-0.15, -0.1) is 0 Å². The van der Waals surface area contributed by atoms with E-state index in [9.17, 15) is 0 Å². The highest BCUT2D eigenvalue weighted by molar-refractivity contribution is 5.28. The molecule has 2 aromatic carbocycles. The molecule has 2 rings (SSSR count). The van der Waals surface area contributed by atoms with Crippen molar-refractivity contribution in [3.05, 3.63) is 65.7 Å². The first kappa shape index (κ1) is 14.6. The van der Waals surface area contributed by atoms with Crippen LogP contribution in [-0.2, 0) is 17.9 Å². The third-order valence-electron chi connectivity index (χ3n) is 3.05. The Kier molecular flexibility index (Phi) is 6.08. The summed E-state index contributed by atoms with van der Waals surface area (Å²) in [5, 5.41) is 2.24. The lowest BCUT2D eigenvalue weighted by atomic mass is 10.2. The molecule has 0 aliphatic carbocycles. The number of ether oxygens (including phenoxy) is 2. The molecule has 0 aromatic heterocycles. The van der Waals surface area contributed by atoms with E-state index in [2.05, 4.69) is 29.6 Å². The minimum absolute atomic E-state index is 0.609. The van der Waals surface area contributed by atoms with Crippen LogP contribution in [0.1, 0.15) is 11.1 Å². The van der Waals surface area contributed by atoms with E-state index in [1.807, 2.05) is 30.3 Å². The van der Waals surface area contributed by atoms with Gasteiger partial charge in [0.2, 0.25) is 0 Å². The zero-order valence-corrected chi connectivity index (χ0v) is 11.9. The highest BCUT2D eigenvalue weighted by Gasteiger charge is 2.00. The summed E-state index contributed by atoms with van der Waals surface area (Å²) >= 11 is 0. The number of benzene rings is 2. The highest BCUT2D eigenvalue weighted by Crippen LogP contribution is 2.14. The van der Waals surface area contributed by atoms with Crippen LogP contribution in [0, 0.1) is 0 Å². The monoisotopic (exact) mass is 272 g/mol. The van der Waals surface area contributed by atoms with Crippen molar-refractivity contribution in [2.75, 3.05) is 20.3 Å². The summed E-state index contributed by atoms with van der Waals surface area (Å²) in [5.74, 6) is 0.923. The van der Waals surface area contributed by atoms with E-state index in [1.165, 1.54) is 11.1 Å². The molecular weight excluding hydrogens is 250 g/mol. The van der Waals surface area contributed by atoms with Gasteiger partial charge >= 0.3 is 0 Å². The lowest BCUT2D eigenvalue weighted by Crippen LogP contribution is -2.83. The van der Waals surface area contributed by atoms with Gasteiger partial charge in [-0.05, 0) is 17.7 Å². The fourth-order valence-electron chi connectivity index (χ4n) is 1.97. The number of rotatable bonds is 8. The normalized spacial score (nSPS) is 10.4. The molecule has 0 unspecified atom stereocenters. The quantitative estimate of drug-likeness (QED) is 0.746. The molecule has 0 heterocycles. The predicted octanol–water partition coefficient (Wildman–Crippen LogP) is 1.98. The lowest BCUT2D eigenvalue weighted by Gasteiger charge is -2.08. The molecule has 0 amide bonds. The first-order chi connectivity index (χ1) is 9.88. The fraction of sp³-hybridized carbons (Fsp3) is 0.294. The van der Waals surface area contributed by atoms with Crippen molar-refractivity contribution < 1.29 is 14.8 Å².